The van der Waals surface area contributed by atoms with Gasteiger partial charge < -0.3 is 14.6 Å². The van der Waals surface area contributed by atoms with Crippen LogP contribution in [-0.2, 0) is 11.3 Å². The molecule has 1 saturated heterocycles. The van der Waals surface area contributed by atoms with Crippen molar-refractivity contribution in [3.63, 3.8) is 0 Å². The molecule has 2 aromatic rings. The summed E-state index contributed by atoms with van der Waals surface area (Å²) in [5.41, 5.74) is 1.88. The van der Waals surface area contributed by atoms with Crippen LogP contribution in [0.5, 0.6) is 0 Å². The number of aromatic nitrogens is 1. The van der Waals surface area contributed by atoms with Gasteiger partial charge in [0.2, 0.25) is 0 Å². The Balaban J connectivity index is 1.78. The molecule has 0 aliphatic carbocycles. The third-order valence-corrected chi connectivity index (χ3v) is 3.64. The number of hydrogen-bond acceptors (Lipinski definition) is 3. The normalized spacial score (nSPS) is 19.7. The van der Waals surface area contributed by atoms with E-state index in [1.165, 1.54) is 0 Å². The summed E-state index contributed by atoms with van der Waals surface area (Å²) in [6.45, 7) is 3.52. The zero-order valence-corrected chi connectivity index (χ0v) is 10.8. The average molecular weight is 258 g/mol. The Bertz CT molecular complexity index is 571. The van der Waals surface area contributed by atoms with E-state index in [2.05, 4.69) is 16.0 Å². The minimum Gasteiger partial charge on any atom is -0.376 e. The number of aryl methyl sites for hydroxylation is 1. The van der Waals surface area contributed by atoms with Crippen LogP contribution in [0.2, 0.25) is 0 Å². The number of carbonyl (C=O) groups excluding carboxylic acids is 1. The molecule has 1 N–H and O–H groups in total. The van der Waals surface area contributed by atoms with Gasteiger partial charge >= 0.3 is 0 Å². The Hall–Kier alpha value is -1.65. The highest BCUT2D eigenvalue weighted by Crippen LogP contribution is 2.20. The molecule has 1 aliphatic rings. The summed E-state index contributed by atoms with van der Waals surface area (Å²) >= 11 is 0. The first-order valence-corrected chi connectivity index (χ1v) is 6.74. The summed E-state index contributed by atoms with van der Waals surface area (Å²) in [6, 6.07) is 8.02. The van der Waals surface area contributed by atoms with Crippen molar-refractivity contribution in [2.45, 2.75) is 19.1 Å². The molecule has 0 saturated carbocycles. The maximum absolute atomic E-state index is 11.1. The second-order valence-corrected chi connectivity index (χ2v) is 4.90. The van der Waals surface area contributed by atoms with Gasteiger partial charge in [0.15, 0.2) is 6.29 Å². The number of fused-ring (bicyclic) bond motifs is 1. The van der Waals surface area contributed by atoms with E-state index >= 15 is 0 Å². The number of nitrogens with zero attached hydrogens (tertiary/aromatic N) is 1. The average Bonchev–Trinajstić information content (AvgIpc) is 2.84. The first-order chi connectivity index (χ1) is 9.38. The molecule has 1 aromatic heterocycles. The number of hydrogen-bond donors (Lipinski definition) is 1. The van der Waals surface area contributed by atoms with Crippen LogP contribution in [0.1, 0.15) is 16.8 Å². The number of rotatable bonds is 4. The van der Waals surface area contributed by atoms with Crippen molar-refractivity contribution in [2.24, 2.45) is 0 Å². The lowest BCUT2D eigenvalue weighted by molar-refractivity contribution is 0.0212. The third-order valence-electron chi connectivity index (χ3n) is 3.64. The smallest absolute Gasteiger partial charge is 0.152 e. The van der Waals surface area contributed by atoms with Crippen molar-refractivity contribution >= 4 is 17.2 Å². The molecule has 2 heterocycles. The van der Waals surface area contributed by atoms with Crippen molar-refractivity contribution in [3.05, 3.63) is 36.0 Å². The van der Waals surface area contributed by atoms with Crippen LogP contribution in [0.15, 0.2) is 30.5 Å². The van der Waals surface area contributed by atoms with Gasteiger partial charge in [0.25, 0.3) is 0 Å². The molecule has 1 unspecified atom stereocenters. The molecule has 19 heavy (non-hydrogen) atoms. The fourth-order valence-electron chi connectivity index (χ4n) is 2.64. The van der Waals surface area contributed by atoms with Gasteiger partial charge in [-0.1, -0.05) is 18.2 Å². The molecule has 100 valence electrons. The van der Waals surface area contributed by atoms with E-state index in [1.54, 1.807) is 0 Å². The number of morpholine rings is 1. The molecular formula is C15H18N2O2. The Labute approximate surface area is 112 Å². The predicted molar refractivity (Wildman–Crippen MR) is 74.6 cm³/mol. The van der Waals surface area contributed by atoms with Gasteiger partial charge in [-0.15, -0.1) is 0 Å². The fraction of sp³-hybridized carbons (Fsp3) is 0.400. The highest BCUT2D eigenvalue weighted by Gasteiger charge is 2.14. The van der Waals surface area contributed by atoms with Crippen LogP contribution in [0.25, 0.3) is 10.9 Å². The summed E-state index contributed by atoms with van der Waals surface area (Å²) in [4.78, 5) is 11.1. The summed E-state index contributed by atoms with van der Waals surface area (Å²) < 4.78 is 7.85. The molecule has 1 aliphatic heterocycles. The van der Waals surface area contributed by atoms with Gasteiger partial charge in [0.05, 0.1) is 12.7 Å². The van der Waals surface area contributed by atoms with Crippen molar-refractivity contribution < 1.29 is 9.53 Å². The zero-order valence-electron chi connectivity index (χ0n) is 10.8. The van der Waals surface area contributed by atoms with Gasteiger partial charge in [-0.2, -0.15) is 0 Å². The van der Waals surface area contributed by atoms with Crippen molar-refractivity contribution in [2.75, 3.05) is 19.7 Å². The quantitative estimate of drug-likeness (QED) is 0.851. The molecule has 0 bridgehead atoms. The summed E-state index contributed by atoms with van der Waals surface area (Å²) in [5.74, 6) is 0. The molecule has 0 amide bonds. The van der Waals surface area contributed by atoms with E-state index < -0.39 is 0 Å². The van der Waals surface area contributed by atoms with Gasteiger partial charge in [-0.05, 0) is 12.5 Å². The number of carbonyl (C=O) groups is 1. The first-order valence-electron chi connectivity index (χ1n) is 6.74. The second-order valence-electron chi connectivity index (χ2n) is 4.90. The maximum Gasteiger partial charge on any atom is 0.152 e. The molecule has 0 radical (unpaired) electrons. The topological polar surface area (TPSA) is 43.3 Å². The Morgan fingerprint density at radius 3 is 3.11 bits per heavy atom. The van der Waals surface area contributed by atoms with E-state index in [-0.39, 0.29) is 6.10 Å². The van der Waals surface area contributed by atoms with E-state index in [4.69, 9.17) is 4.74 Å². The van der Waals surface area contributed by atoms with E-state index in [1.807, 2.05) is 24.4 Å². The number of benzene rings is 1. The SMILES string of the molecule is O=Cc1cn(CCC2CNCCO2)c2ccccc12. The van der Waals surface area contributed by atoms with Gasteiger partial charge in [-0.25, -0.2) is 0 Å². The first kappa shape index (κ1) is 12.4. The fourth-order valence-corrected chi connectivity index (χ4v) is 2.64. The highest BCUT2D eigenvalue weighted by molar-refractivity contribution is 5.97. The van der Waals surface area contributed by atoms with Crippen molar-refractivity contribution in [1.29, 1.82) is 0 Å². The molecule has 4 nitrogen and oxygen atoms in total. The third kappa shape index (κ3) is 2.55. The van der Waals surface area contributed by atoms with Gasteiger partial charge in [0, 0.05) is 42.3 Å². The van der Waals surface area contributed by atoms with E-state index in [9.17, 15) is 4.79 Å². The van der Waals surface area contributed by atoms with Gasteiger partial charge in [-0.3, -0.25) is 4.79 Å². The van der Waals surface area contributed by atoms with Crippen LogP contribution < -0.4 is 5.32 Å². The minimum absolute atomic E-state index is 0.273. The number of ether oxygens (including phenoxy) is 1. The van der Waals surface area contributed by atoms with Crippen LogP contribution in [-0.4, -0.2) is 36.7 Å². The van der Waals surface area contributed by atoms with Crippen LogP contribution in [0.4, 0.5) is 0 Å². The lowest BCUT2D eigenvalue weighted by Crippen LogP contribution is -2.38. The Kier molecular flexibility index (Phi) is 3.62. The highest BCUT2D eigenvalue weighted by atomic mass is 16.5. The summed E-state index contributed by atoms with van der Waals surface area (Å²) in [6.07, 6.45) is 4.10. The van der Waals surface area contributed by atoms with Crippen LogP contribution in [0.3, 0.4) is 0 Å². The maximum atomic E-state index is 11.1. The van der Waals surface area contributed by atoms with Crippen LogP contribution in [0, 0.1) is 0 Å². The standard InChI is InChI=1S/C15H18N2O2/c18-11-12-10-17(15-4-2-1-3-14(12)15)7-5-13-9-16-6-8-19-13/h1-4,10-11,13,16H,5-9H2. The monoisotopic (exact) mass is 258 g/mol. The van der Waals surface area contributed by atoms with E-state index in [0.717, 1.165) is 55.4 Å². The number of para-hydroxylation sites is 1. The molecule has 0 spiro atoms. The molecule has 1 fully saturated rings. The Morgan fingerprint density at radius 2 is 2.32 bits per heavy atom. The van der Waals surface area contributed by atoms with Crippen molar-refractivity contribution in [3.8, 4) is 0 Å². The Morgan fingerprint density at radius 1 is 1.42 bits per heavy atom. The number of nitrogens with one attached hydrogen (secondary N) is 1. The van der Waals surface area contributed by atoms with E-state index in [0.29, 0.717) is 0 Å². The number of aldehydes is 1. The molecule has 3 rings (SSSR count). The lowest BCUT2D eigenvalue weighted by Gasteiger charge is -2.23. The summed E-state index contributed by atoms with van der Waals surface area (Å²) in [5, 5.41) is 4.36. The van der Waals surface area contributed by atoms with Crippen LogP contribution >= 0.6 is 0 Å². The largest absolute Gasteiger partial charge is 0.376 e. The molecule has 4 heteroatoms. The molecular weight excluding hydrogens is 240 g/mol. The zero-order chi connectivity index (χ0) is 13.1. The predicted octanol–water partition coefficient (Wildman–Crippen LogP) is 1.83. The molecule has 1 aromatic carbocycles. The second kappa shape index (κ2) is 5.55. The lowest BCUT2D eigenvalue weighted by atomic mass is 10.2. The molecule has 1 atom stereocenters. The summed E-state index contributed by atoms with van der Waals surface area (Å²) in [7, 11) is 0. The van der Waals surface area contributed by atoms with Gasteiger partial charge in [0.1, 0.15) is 0 Å². The van der Waals surface area contributed by atoms with Crippen molar-refractivity contribution in [1.82, 2.24) is 9.88 Å². The minimum atomic E-state index is 0.273.